The molecule has 114 valence electrons. The zero-order valence-corrected chi connectivity index (χ0v) is 13.2. The Balaban J connectivity index is 2.29. The number of nitrogens with zero attached hydrogens (tertiary/aromatic N) is 1. The maximum Gasteiger partial charge on any atom is 0.244 e. The SMILES string of the molecule is CCCC1CCN(S(=O)(=O)c2ccccc2C#CCN)C1. The van der Waals surface area contributed by atoms with E-state index in [0.717, 1.165) is 19.3 Å². The van der Waals surface area contributed by atoms with Crippen molar-refractivity contribution >= 4 is 10.0 Å². The van der Waals surface area contributed by atoms with Gasteiger partial charge in [-0.15, -0.1) is 0 Å². The molecule has 1 saturated heterocycles. The highest BCUT2D eigenvalue weighted by atomic mass is 32.2. The van der Waals surface area contributed by atoms with E-state index in [0.29, 0.717) is 29.5 Å². The molecule has 0 saturated carbocycles. The summed E-state index contributed by atoms with van der Waals surface area (Å²) < 4.78 is 27.2. The summed E-state index contributed by atoms with van der Waals surface area (Å²) in [5.41, 5.74) is 5.91. The quantitative estimate of drug-likeness (QED) is 0.863. The monoisotopic (exact) mass is 306 g/mol. The van der Waals surface area contributed by atoms with Crippen LogP contribution in [-0.2, 0) is 10.0 Å². The molecule has 0 amide bonds. The van der Waals surface area contributed by atoms with Gasteiger partial charge in [0, 0.05) is 18.7 Å². The lowest BCUT2D eigenvalue weighted by atomic mass is 10.0. The summed E-state index contributed by atoms with van der Waals surface area (Å²) in [6.07, 6.45) is 3.13. The molecule has 0 aliphatic carbocycles. The Labute approximate surface area is 127 Å². The molecule has 2 N–H and O–H groups in total. The zero-order valence-electron chi connectivity index (χ0n) is 12.4. The highest BCUT2D eigenvalue weighted by Crippen LogP contribution is 2.28. The molecular formula is C16H22N2O2S. The van der Waals surface area contributed by atoms with Gasteiger partial charge in [-0.2, -0.15) is 4.31 Å². The van der Waals surface area contributed by atoms with E-state index in [2.05, 4.69) is 18.8 Å². The van der Waals surface area contributed by atoms with Gasteiger partial charge < -0.3 is 5.73 Å². The average Bonchev–Trinajstić information content (AvgIpc) is 2.95. The first-order valence-electron chi connectivity index (χ1n) is 7.37. The van der Waals surface area contributed by atoms with Crippen molar-refractivity contribution in [1.82, 2.24) is 4.31 Å². The third-order valence-corrected chi connectivity index (χ3v) is 5.70. The van der Waals surface area contributed by atoms with E-state index < -0.39 is 10.0 Å². The third-order valence-electron chi connectivity index (χ3n) is 3.78. The van der Waals surface area contributed by atoms with Crippen LogP contribution in [0.3, 0.4) is 0 Å². The van der Waals surface area contributed by atoms with E-state index in [1.165, 1.54) is 0 Å². The predicted molar refractivity (Wildman–Crippen MR) is 84.1 cm³/mol. The topological polar surface area (TPSA) is 63.4 Å². The molecule has 0 radical (unpaired) electrons. The number of benzene rings is 1. The highest BCUT2D eigenvalue weighted by molar-refractivity contribution is 7.89. The van der Waals surface area contributed by atoms with Gasteiger partial charge in [-0.3, -0.25) is 0 Å². The molecule has 4 nitrogen and oxygen atoms in total. The van der Waals surface area contributed by atoms with Gasteiger partial charge >= 0.3 is 0 Å². The number of hydrogen-bond acceptors (Lipinski definition) is 3. The van der Waals surface area contributed by atoms with Crippen molar-refractivity contribution in [3.8, 4) is 11.8 Å². The number of nitrogens with two attached hydrogens (primary N) is 1. The molecule has 0 aromatic heterocycles. The van der Waals surface area contributed by atoms with Crippen molar-refractivity contribution in [1.29, 1.82) is 0 Å². The molecule has 5 heteroatoms. The van der Waals surface area contributed by atoms with Crippen LogP contribution >= 0.6 is 0 Å². The molecule has 0 spiro atoms. The highest BCUT2D eigenvalue weighted by Gasteiger charge is 2.33. The van der Waals surface area contributed by atoms with E-state index in [1.54, 1.807) is 28.6 Å². The number of sulfonamides is 1. The van der Waals surface area contributed by atoms with Gasteiger partial charge in [0.2, 0.25) is 10.0 Å². The fourth-order valence-corrected chi connectivity index (χ4v) is 4.42. The Kier molecular flexibility index (Phi) is 5.40. The minimum atomic E-state index is -3.46. The Morgan fingerprint density at radius 2 is 2.14 bits per heavy atom. The second-order valence-corrected chi connectivity index (χ2v) is 7.21. The molecule has 1 atom stereocenters. The van der Waals surface area contributed by atoms with Crippen molar-refractivity contribution in [3.63, 3.8) is 0 Å². The van der Waals surface area contributed by atoms with Gasteiger partial charge in [0.05, 0.1) is 11.4 Å². The molecule has 2 rings (SSSR count). The van der Waals surface area contributed by atoms with Crippen molar-refractivity contribution in [2.24, 2.45) is 11.7 Å². The Morgan fingerprint density at radius 3 is 2.86 bits per heavy atom. The van der Waals surface area contributed by atoms with Crippen LogP contribution in [0.4, 0.5) is 0 Å². The molecule has 1 fully saturated rings. The largest absolute Gasteiger partial charge is 0.320 e. The van der Waals surface area contributed by atoms with Gasteiger partial charge in [-0.1, -0.05) is 37.3 Å². The van der Waals surface area contributed by atoms with Crippen molar-refractivity contribution in [2.75, 3.05) is 19.6 Å². The van der Waals surface area contributed by atoms with E-state index in [1.807, 2.05) is 0 Å². The average molecular weight is 306 g/mol. The summed E-state index contributed by atoms with van der Waals surface area (Å²) in [4.78, 5) is 0.295. The second-order valence-electron chi connectivity index (χ2n) is 5.31. The van der Waals surface area contributed by atoms with Gasteiger partial charge in [0.25, 0.3) is 0 Å². The first kappa shape index (κ1) is 16.0. The molecule has 21 heavy (non-hydrogen) atoms. The van der Waals surface area contributed by atoms with Gasteiger partial charge in [-0.05, 0) is 30.9 Å². The Morgan fingerprint density at radius 1 is 1.38 bits per heavy atom. The number of hydrogen-bond donors (Lipinski definition) is 1. The van der Waals surface area contributed by atoms with E-state index in [-0.39, 0.29) is 6.54 Å². The maximum atomic E-state index is 12.8. The lowest BCUT2D eigenvalue weighted by Crippen LogP contribution is -2.29. The van der Waals surface area contributed by atoms with Gasteiger partial charge in [-0.25, -0.2) is 8.42 Å². The number of rotatable bonds is 4. The molecule has 1 aliphatic heterocycles. The summed E-state index contributed by atoms with van der Waals surface area (Å²) in [7, 11) is -3.46. The summed E-state index contributed by atoms with van der Waals surface area (Å²) >= 11 is 0. The third kappa shape index (κ3) is 3.65. The van der Waals surface area contributed by atoms with Crippen LogP contribution in [0.15, 0.2) is 29.2 Å². The second kappa shape index (κ2) is 7.08. The fraction of sp³-hybridized carbons (Fsp3) is 0.500. The summed E-state index contributed by atoms with van der Waals surface area (Å²) in [6.45, 7) is 3.58. The molecular weight excluding hydrogens is 284 g/mol. The van der Waals surface area contributed by atoms with E-state index in [4.69, 9.17) is 5.73 Å². The van der Waals surface area contributed by atoms with Gasteiger partial charge in [0.15, 0.2) is 0 Å². The molecule has 1 heterocycles. The lowest BCUT2D eigenvalue weighted by molar-refractivity contribution is 0.444. The fourth-order valence-electron chi connectivity index (χ4n) is 2.74. The standard InChI is InChI=1S/C16H22N2O2S/c1-2-6-14-10-12-18(13-14)21(19,20)16-9-4-3-7-15(16)8-5-11-17/h3-4,7,9,14H,2,6,10-13,17H2,1H3. The smallest absolute Gasteiger partial charge is 0.244 e. The molecule has 1 unspecified atom stereocenters. The Bertz CT molecular complexity index is 644. The molecule has 1 aromatic carbocycles. The van der Waals surface area contributed by atoms with Crippen molar-refractivity contribution in [2.45, 2.75) is 31.1 Å². The summed E-state index contributed by atoms with van der Waals surface area (Å²) in [6, 6.07) is 6.89. The summed E-state index contributed by atoms with van der Waals surface area (Å²) in [5, 5.41) is 0. The molecule has 0 bridgehead atoms. The van der Waals surface area contributed by atoms with Gasteiger partial charge in [0.1, 0.15) is 0 Å². The van der Waals surface area contributed by atoms with E-state index in [9.17, 15) is 8.42 Å². The van der Waals surface area contributed by atoms with Crippen molar-refractivity contribution in [3.05, 3.63) is 29.8 Å². The normalized spacial score (nSPS) is 19.2. The Hall–Kier alpha value is -1.35. The first-order chi connectivity index (χ1) is 10.1. The lowest BCUT2D eigenvalue weighted by Gasteiger charge is -2.17. The summed E-state index contributed by atoms with van der Waals surface area (Å²) in [5.74, 6) is 6.07. The predicted octanol–water partition coefficient (Wildman–Crippen LogP) is 1.81. The molecule has 1 aliphatic rings. The molecule has 1 aromatic rings. The van der Waals surface area contributed by atoms with Crippen LogP contribution in [0, 0.1) is 17.8 Å². The maximum absolute atomic E-state index is 12.8. The minimum Gasteiger partial charge on any atom is -0.320 e. The van der Waals surface area contributed by atoms with Crippen LogP contribution < -0.4 is 5.73 Å². The first-order valence-corrected chi connectivity index (χ1v) is 8.81. The van der Waals surface area contributed by atoms with Crippen LogP contribution in [0.25, 0.3) is 0 Å². The van der Waals surface area contributed by atoms with Crippen LogP contribution in [-0.4, -0.2) is 32.4 Å². The zero-order chi connectivity index (χ0) is 15.3. The minimum absolute atomic E-state index is 0.219. The van der Waals surface area contributed by atoms with Crippen molar-refractivity contribution < 1.29 is 8.42 Å². The van der Waals surface area contributed by atoms with Crippen LogP contribution in [0.1, 0.15) is 31.7 Å². The van der Waals surface area contributed by atoms with Crippen LogP contribution in [0.2, 0.25) is 0 Å². The van der Waals surface area contributed by atoms with Crippen LogP contribution in [0.5, 0.6) is 0 Å². The van der Waals surface area contributed by atoms with E-state index >= 15 is 0 Å².